The first-order valence-electron chi connectivity index (χ1n) is 6.63. The van der Waals surface area contributed by atoms with Gasteiger partial charge in [-0.3, -0.25) is 4.90 Å². The van der Waals surface area contributed by atoms with Crippen LogP contribution in [0.25, 0.3) is 0 Å². The van der Waals surface area contributed by atoms with Gasteiger partial charge in [0.2, 0.25) is 0 Å². The molecule has 3 heterocycles. The fourth-order valence-corrected chi connectivity index (χ4v) is 2.76. The molecule has 0 amide bonds. The zero-order chi connectivity index (χ0) is 13.2. The second-order valence-corrected chi connectivity index (χ2v) is 5.11. The Morgan fingerprint density at radius 1 is 1.47 bits per heavy atom. The molecule has 0 spiro atoms. The molecule has 6 heteroatoms. The molecule has 0 bridgehead atoms. The van der Waals surface area contributed by atoms with Gasteiger partial charge < -0.3 is 10.1 Å². The van der Waals surface area contributed by atoms with E-state index in [9.17, 15) is 8.78 Å². The Morgan fingerprint density at radius 3 is 3.21 bits per heavy atom. The van der Waals surface area contributed by atoms with Gasteiger partial charge in [0.25, 0.3) is 0 Å². The smallest absolute Gasteiger partial charge is 0.168 e. The van der Waals surface area contributed by atoms with Crippen LogP contribution in [0.15, 0.2) is 12.3 Å². The molecular weight excluding hydrogens is 252 g/mol. The van der Waals surface area contributed by atoms with Crippen LogP contribution in [-0.4, -0.2) is 48.3 Å². The van der Waals surface area contributed by atoms with Crippen molar-refractivity contribution in [2.45, 2.75) is 25.0 Å². The van der Waals surface area contributed by atoms with E-state index in [4.69, 9.17) is 4.74 Å². The van der Waals surface area contributed by atoms with E-state index in [0.29, 0.717) is 12.6 Å². The molecule has 0 saturated carbocycles. The monoisotopic (exact) mass is 269 g/mol. The van der Waals surface area contributed by atoms with Crippen molar-refractivity contribution in [3.63, 3.8) is 0 Å². The lowest BCUT2D eigenvalue weighted by Crippen LogP contribution is -2.48. The summed E-state index contributed by atoms with van der Waals surface area (Å²) in [5, 5.41) is 2.89. The Morgan fingerprint density at radius 2 is 2.37 bits per heavy atom. The fourth-order valence-electron chi connectivity index (χ4n) is 2.76. The van der Waals surface area contributed by atoms with Crippen molar-refractivity contribution in [2.75, 3.05) is 31.6 Å². The normalized spacial score (nSPS) is 27.3. The summed E-state index contributed by atoms with van der Waals surface area (Å²) in [6.07, 6.45) is 3.46. The molecule has 4 nitrogen and oxygen atoms in total. The molecular formula is C13H17F2N3O. The number of anilines is 1. The van der Waals surface area contributed by atoms with Crippen molar-refractivity contribution >= 4 is 5.82 Å². The molecule has 1 aromatic heterocycles. The lowest BCUT2D eigenvalue weighted by Gasteiger charge is -2.35. The zero-order valence-electron chi connectivity index (χ0n) is 10.6. The summed E-state index contributed by atoms with van der Waals surface area (Å²) in [5.74, 6) is -1.26. The molecule has 1 N–H and O–H groups in total. The number of aromatic nitrogens is 1. The van der Waals surface area contributed by atoms with Crippen LogP contribution in [0.1, 0.15) is 12.8 Å². The maximum absolute atomic E-state index is 13.4. The van der Waals surface area contributed by atoms with Crippen LogP contribution in [-0.2, 0) is 4.74 Å². The third-order valence-corrected chi connectivity index (χ3v) is 3.77. The number of fused-ring (bicyclic) bond motifs is 1. The van der Waals surface area contributed by atoms with Crippen LogP contribution < -0.4 is 5.32 Å². The van der Waals surface area contributed by atoms with Gasteiger partial charge in [-0.25, -0.2) is 13.8 Å². The van der Waals surface area contributed by atoms with E-state index in [1.54, 1.807) is 0 Å². The minimum Gasteiger partial charge on any atom is -0.373 e. The highest BCUT2D eigenvalue weighted by Crippen LogP contribution is 2.22. The highest BCUT2D eigenvalue weighted by atomic mass is 19.1. The summed E-state index contributed by atoms with van der Waals surface area (Å²) in [5.41, 5.74) is 0. The number of nitrogens with one attached hydrogen (secondary N) is 1. The van der Waals surface area contributed by atoms with Crippen LogP contribution >= 0.6 is 0 Å². The Balaban J connectivity index is 1.54. The van der Waals surface area contributed by atoms with Crippen molar-refractivity contribution in [1.29, 1.82) is 0 Å². The highest BCUT2D eigenvalue weighted by molar-refractivity contribution is 5.35. The minimum absolute atomic E-state index is 0.0283. The number of halogens is 2. The summed E-state index contributed by atoms with van der Waals surface area (Å²) in [4.78, 5) is 6.12. The first kappa shape index (κ1) is 12.7. The van der Waals surface area contributed by atoms with E-state index in [1.807, 2.05) is 0 Å². The molecule has 2 aliphatic rings. The maximum Gasteiger partial charge on any atom is 0.168 e. The maximum atomic E-state index is 13.4. The van der Waals surface area contributed by atoms with Crippen LogP contribution in [0.2, 0.25) is 0 Å². The molecule has 104 valence electrons. The van der Waals surface area contributed by atoms with Gasteiger partial charge in [0.1, 0.15) is 5.82 Å². The number of ether oxygens (including phenoxy) is 1. The number of hydrogen-bond acceptors (Lipinski definition) is 4. The SMILES string of the molecule is Fc1cnc(NCC2CN3CCCC3CO2)c(F)c1. The van der Waals surface area contributed by atoms with Crippen molar-refractivity contribution < 1.29 is 13.5 Å². The van der Waals surface area contributed by atoms with Crippen LogP contribution in [0.4, 0.5) is 14.6 Å². The van der Waals surface area contributed by atoms with E-state index in [-0.39, 0.29) is 11.9 Å². The van der Waals surface area contributed by atoms with Crippen molar-refractivity contribution in [1.82, 2.24) is 9.88 Å². The van der Waals surface area contributed by atoms with Crippen molar-refractivity contribution in [3.8, 4) is 0 Å². The Hall–Kier alpha value is -1.27. The first-order valence-corrected chi connectivity index (χ1v) is 6.63. The molecule has 1 aromatic rings. The molecule has 0 radical (unpaired) electrons. The van der Waals surface area contributed by atoms with Gasteiger partial charge in [-0.1, -0.05) is 0 Å². The predicted molar refractivity (Wildman–Crippen MR) is 67.0 cm³/mol. The molecule has 2 atom stereocenters. The lowest BCUT2D eigenvalue weighted by molar-refractivity contribution is -0.0416. The number of nitrogens with zero attached hydrogens (tertiary/aromatic N) is 2. The predicted octanol–water partition coefficient (Wildman–Crippen LogP) is 1.63. The Kier molecular flexibility index (Phi) is 3.61. The van der Waals surface area contributed by atoms with Gasteiger partial charge in [0, 0.05) is 25.2 Å². The standard InChI is InChI=1S/C13H17F2N3O/c14-9-4-12(15)13(16-5-9)17-6-11-7-18-3-1-2-10(18)8-19-11/h4-5,10-11H,1-3,6-8H2,(H,16,17). The molecule has 2 fully saturated rings. The van der Waals surface area contributed by atoms with E-state index >= 15 is 0 Å². The molecule has 3 rings (SSSR count). The van der Waals surface area contributed by atoms with Crippen LogP contribution in [0.5, 0.6) is 0 Å². The van der Waals surface area contributed by atoms with E-state index < -0.39 is 11.6 Å². The molecule has 0 aromatic carbocycles. The van der Waals surface area contributed by atoms with Gasteiger partial charge >= 0.3 is 0 Å². The lowest BCUT2D eigenvalue weighted by atomic mass is 10.2. The summed E-state index contributed by atoms with van der Waals surface area (Å²) in [7, 11) is 0. The number of morpholine rings is 1. The summed E-state index contributed by atoms with van der Waals surface area (Å²) < 4.78 is 31.9. The quantitative estimate of drug-likeness (QED) is 0.905. The minimum atomic E-state index is -0.671. The van der Waals surface area contributed by atoms with Crippen LogP contribution in [0.3, 0.4) is 0 Å². The summed E-state index contributed by atoms with van der Waals surface area (Å²) >= 11 is 0. The van der Waals surface area contributed by atoms with Gasteiger partial charge in [-0.2, -0.15) is 0 Å². The van der Waals surface area contributed by atoms with E-state index in [2.05, 4.69) is 15.2 Å². The van der Waals surface area contributed by atoms with Gasteiger partial charge in [0.05, 0.1) is 18.9 Å². The fraction of sp³-hybridized carbons (Fsp3) is 0.615. The topological polar surface area (TPSA) is 37.4 Å². The average molecular weight is 269 g/mol. The number of rotatable bonds is 3. The van der Waals surface area contributed by atoms with Gasteiger partial charge in [-0.05, 0) is 19.4 Å². The summed E-state index contributed by atoms with van der Waals surface area (Å²) in [6, 6.07) is 1.38. The second-order valence-electron chi connectivity index (χ2n) is 5.11. The highest BCUT2D eigenvalue weighted by Gasteiger charge is 2.32. The summed E-state index contributed by atoms with van der Waals surface area (Å²) in [6.45, 7) is 3.21. The molecule has 2 aliphatic heterocycles. The van der Waals surface area contributed by atoms with Gasteiger partial charge in [0.15, 0.2) is 11.6 Å². The molecule has 2 unspecified atom stereocenters. The zero-order valence-corrected chi connectivity index (χ0v) is 10.6. The Labute approximate surface area is 110 Å². The van der Waals surface area contributed by atoms with Crippen LogP contribution in [0, 0.1) is 11.6 Å². The van der Waals surface area contributed by atoms with E-state index in [1.165, 1.54) is 12.8 Å². The first-order chi connectivity index (χ1) is 9.22. The third-order valence-electron chi connectivity index (χ3n) is 3.77. The van der Waals surface area contributed by atoms with Gasteiger partial charge in [-0.15, -0.1) is 0 Å². The second kappa shape index (κ2) is 5.38. The average Bonchev–Trinajstić information content (AvgIpc) is 2.85. The number of pyridine rings is 1. The number of hydrogen-bond donors (Lipinski definition) is 1. The third kappa shape index (κ3) is 2.84. The molecule has 19 heavy (non-hydrogen) atoms. The largest absolute Gasteiger partial charge is 0.373 e. The van der Waals surface area contributed by atoms with Crippen molar-refractivity contribution in [2.24, 2.45) is 0 Å². The molecule has 0 aliphatic carbocycles. The van der Waals surface area contributed by atoms with Crippen molar-refractivity contribution in [3.05, 3.63) is 23.9 Å². The molecule has 2 saturated heterocycles. The van der Waals surface area contributed by atoms with E-state index in [0.717, 1.165) is 32.0 Å². The Bertz CT molecular complexity index is 458.